The Bertz CT molecular complexity index is 405. The van der Waals surface area contributed by atoms with Crippen molar-refractivity contribution in [1.29, 1.82) is 0 Å². The number of hydrogen-bond donors (Lipinski definition) is 2. The summed E-state index contributed by atoms with van der Waals surface area (Å²) in [6.07, 6.45) is 0. The van der Waals surface area contributed by atoms with E-state index < -0.39 is 0 Å². The molecule has 0 fully saturated rings. The number of hydrogen-bond acceptors (Lipinski definition) is 2. The molecule has 0 unspecified atom stereocenters. The van der Waals surface area contributed by atoms with Crippen molar-refractivity contribution in [1.82, 2.24) is 10.6 Å². The lowest BCUT2D eigenvalue weighted by Crippen LogP contribution is -2.51. The molecule has 17 heavy (non-hydrogen) atoms. The normalized spacial score (nSPS) is 11.4. The molecular weight excluding hydrogens is 208 g/mol. The Hall–Kier alpha value is -1.64. The zero-order chi connectivity index (χ0) is 12.1. The van der Waals surface area contributed by atoms with Crippen LogP contribution in [-0.2, 0) is 5.66 Å². The van der Waals surface area contributed by atoms with E-state index in [-0.39, 0.29) is 5.66 Å². The molecule has 0 aliphatic heterocycles. The van der Waals surface area contributed by atoms with Crippen LogP contribution in [0.1, 0.15) is 11.1 Å². The van der Waals surface area contributed by atoms with E-state index in [0.29, 0.717) is 0 Å². The standard InChI is InChI=1S/C15H18N2/c1-16-15(17-2,13-9-5-3-6-10-13)14-11-7-4-8-12-14/h3-12,16-17H,1-2H3. The van der Waals surface area contributed by atoms with Gasteiger partial charge in [-0.25, -0.2) is 0 Å². The van der Waals surface area contributed by atoms with Crippen LogP contribution in [-0.4, -0.2) is 14.1 Å². The molecule has 0 spiro atoms. The lowest BCUT2D eigenvalue weighted by atomic mass is 9.91. The van der Waals surface area contributed by atoms with Crippen LogP contribution in [0, 0.1) is 0 Å². The summed E-state index contributed by atoms with van der Waals surface area (Å²) in [5.74, 6) is 0. The van der Waals surface area contributed by atoms with Crippen LogP contribution in [0.25, 0.3) is 0 Å². The van der Waals surface area contributed by atoms with Gasteiger partial charge in [-0.3, -0.25) is 10.6 Å². The Morgan fingerprint density at radius 3 is 1.29 bits per heavy atom. The second kappa shape index (κ2) is 5.13. The van der Waals surface area contributed by atoms with Crippen LogP contribution >= 0.6 is 0 Å². The third-order valence-electron chi connectivity index (χ3n) is 3.16. The smallest absolute Gasteiger partial charge is 0.121 e. The fourth-order valence-electron chi connectivity index (χ4n) is 2.25. The van der Waals surface area contributed by atoms with Crippen molar-refractivity contribution in [2.24, 2.45) is 0 Å². The molecule has 0 saturated carbocycles. The summed E-state index contributed by atoms with van der Waals surface area (Å²) < 4.78 is 0. The largest absolute Gasteiger partial charge is 0.295 e. The molecule has 2 N–H and O–H groups in total. The van der Waals surface area contributed by atoms with Crippen LogP contribution in [0.15, 0.2) is 60.7 Å². The van der Waals surface area contributed by atoms with Gasteiger partial charge in [0.1, 0.15) is 5.66 Å². The maximum atomic E-state index is 3.39. The fourth-order valence-corrected chi connectivity index (χ4v) is 2.25. The van der Waals surface area contributed by atoms with E-state index in [1.165, 1.54) is 11.1 Å². The molecule has 2 rings (SSSR count). The minimum absolute atomic E-state index is 0.331. The van der Waals surface area contributed by atoms with Crippen LogP contribution < -0.4 is 10.6 Å². The highest BCUT2D eigenvalue weighted by atomic mass is 15.2. The Labute approximate surface area is 103 Å². The van der Waals surface area contributed by atoms with E-state index in [9.17, 15) is 0 Å². The average molecular weight is 226 g/mol. The molecule has 88 valence electrons. The van der Waals surface area contributed by atoms with Gasteiger partial charge >= 0.3 is 0 Å². The first kappa shape index (κ1) is 11.8. The Kier molecular flexibility index (Phi) is 3.57. The Morgan fingerprint density at radius 1 is 0.647 bits per heavy atom. The summed E-state index contributed by atoms with van der Waals surface area (Å²) in [5, 5.41) is 6.77. The van der Waals surface area contributed by atoms with Gasteiger partial charge in [0.15, 0.2) is 0 Å². The van der Waals surface area contributed by atoms with E-state index in [1.54, 1.807) is 0 Å². The molecule has 2 aromatic carbocycles. The Morgan fingerprint density at radius 2 is 1.00 bits per heavy atom. The van der Waals surface area contributed by atoms with Crippen molar-refractivity contribution in [2.45, 2.75) is 5.66 Å². The van der Waals surface area contributed by atoms with Crippen LogP contribution in [0.5, 0.6) is 0 Å². The third kappa shape index (κ3) is 2.09. The molecule has 0 heterocycles. The predicted octanol–water partition coefficient (Wildman–Crippen LogP) is 2.33. The quantitative estimate of drug-likeness (QED) is 0.782. The molecule has 2 nitrogen and oxygen atoms in total. The minimum Gasteiger partial charge on any atom is -0.295 e. The summed E-state index contributed by atoms with van der Waals surface area (Å²) in [5.41, 5.74) is 2.08. The second-order valence-corrected chi connectivity index (χ2v) is 3.98. The number of rotatable bonds is 4. The lowest BCUT2D eigenvalue weighted by Gasteiger charge is -2.34. The molecule has 0 aliphatic carbocycles. The molecule has 0 atom stereocenters. The van der Waals surface area contributed by atoms with Gasteiger partial charge in [-0.1, -0.05) is 60.7 Å². The summed E-state index contributed by atoms with van der Waals surface area (Å²) in [6, 6.07) is 20.8. The molecule has 0 amide bonds. The maximum Gasteiger partial charge on any atom is 0.121 e. The molecule has 2 aromatic rings. The maximum absolute atomic E-state index is 3.39. The number of benzene rings is 2. The molecule has 2 heteroatoms. The van der Waals surface area contributed by atoms with Gasteiger partial charge in [0.05, 0.1) is 0 Å². The molecule has 0 aliphatic rings. The van der Waals surface area contributed by atoms with E-state index >= 15 is 0 Å². The Balaban J connectivity index is 2.54. The van der Waals surface area contributed by atoms with Crippen molar-refractivity contribution in [3.8, 4) is 0 Å². The van der Waals surface area contributed by atoms with Gasteiger partial charge in [-0.15, -0.1) is 0 Å². The van der Waals surface area contributed by atoms with Crippen LogP contribution in [0.2, 0.25) is 0 Å². The summed E-state index contributed by atoms with van der Waals surface area (Å²) in [7, 11) is 3.94. The predicted molar refractivity (Wildman–Crippen MR) is 71.8 cm³/mol. The summed E-state index contributed by atoms with van der Waals surface area (Å²) in [6.45, 7) is 0. The van der Waals surface area contributed by atoms with Crippen molar-refractivity contribution in [3.05, 3.63) is 71.8 Å². The van der Waals surface area contributed by atoms with Crippen LogP contribution in [0.4, 0.5) is 0 Å². The van der Waals surface area contributed by atoms with Crippen molar-refractivity contribution in [2.75, 3.05) is 14.1 Å². The highest BCUT2D eigenvalue weighted by Gasteiger charge is 2.29. The van der Waals surface area contributed by atoms with E-state index in [0.717, 1.165) is 0 Å². The van der Waals surface area contributed by atoms with E-state index in [2.05, 4.69) is 59.2 Å². The average Bonchev–Trinajstić information content (AvgIpc) is 2.43. The molecule has 0 aromatic heterocycles. The molecular formula is C15H18N2. The third-order valence-corrected chi connectivity index (χ3v) is 3.16. The molecule has 0 radical (unpaired) electrons. The van der Waals surface area contributed by atoms with Crippen molar-refractivity contribution < 1.29 is 0 Å². The highest BCUT2D eigenvalue weighted by Crippen LogP contribution is 2.25. The lowest BCUT2D eigenvalue weighted by molar-refractivity contribution is 0.373. The van der Waals surface area contributed by atoms with Gasteiger partial charge in [0.2, 0.25) is 0 Å². The first-order chi connectivity index (χ1) is 8.33. The minimum atomic E-state index is -0.331. The fraction of sp³-hybridized carbons (Fsp3) is 0.200. The van der Waals surface area contributed by atoms with Crippen molar-refractivity contribution >= 4 is 0 Å². The summed E-state index contributed by atoms with van der Waals surface area (Å²) in [4.78, 5) is 0. The zero-order valence-corrected chi connectivity index (χ0v) is 10.3. The summed E-state index contributed by atoms with van der Waals surface area (Å²) >= 11 is 0. The van der Waals surface area contributed by atoms with E-state index in [1.807, 2.05) is 26.2 Å². The number of nitrogens with one attached hydrogen (secondary N) is 2. The van der Waals surface area contributed by atoms with E-state index in [4.69, 9.17) is 0 Å². The highest BCUT2D eigenvalue weighted by molar-refractivity contribution is 5.37. The first-order valence-electron chi connectivity index (χ1n) is 5.82. The second-order valence-electron chi connectivity index (χ2n) is 3.98. The SMILES string of the molecule is CNC(NC)(c1ccccc1)c1ccccc1. The first-order valence-corrected chi connectivity index (χ1v) is 5.82. The zero-order valence-electron chi connectivity index (χ0n) is 10.3. The van der Waals surface area contributed by atoms with Gasteiger partial charge < -0.3 is 0 Å². The van der Waals surface area contributed by atoms with Crippen LogP contribution in [0.3, 0.4) is 0 Å². The molecule has 0 bridgehead atoms. The molecule has 0 saturated heterocycles. The van der Waals surface area contributed by atoms with Crippen molar-refractivity contribution in [3.63, 3.8) is 0 Å². The van der Waals surface area contributed by atoms with Gasteiger partial charge in [0, 0.05) is 0 Å². The van der Waals surface area contributed by atoms with Gasteiger partial charge in [-0.2, -0.15) is 0 Å². The topological polar surface area (TPSA) is 24.1 Å². The monoisotopic (exact) mass is 226 g/mol. The van der Waals surface area contributed by atoms with Gasteiger partial charge in [-0.05, 0) is 25.2 Å². The van der Waals surface area contributed by atoms with Gasteiger partial charge in [0.25, 0.3) is 0 Å².